The summed E-state index contributed by atoms with van der Waals surface area (Å²) in [6, 6.07) is 6.08. The van der Waals surface area contributed by atoms with Gasteiger partial charge in [0.05, 0.1) is 5.52 Å². The molecule has 0 bridgehead atoms. The van der Waals surface area contributed by atoms with Crippen molar-refractivity contribution in [2.75, 3.05) is 0 Å². The third-order valence-electron chi connectivity index (χ3n) is 2.97. The highest BCUT2D eigenvalue weighted by Crippen LogP contribution is 2.27. The van der Waals surface area contributed by atoms with E-state index >= 15 is 0 Å². The highest BCUT2D eigenvalue weighted by atomic mass is 16.1. The maximum absolute atomic E-state index is 11.0. The number of rotatable bonds is 2. The third kappa shape index (κ3) is 1.73. The Labute approximate surface area is 101 Å². The Bertz CT molecular complexity index is 655. The van der Waals surface area contributed by atoms with Crippen LogP contribution in [0.15, 0.2) is 36.5 Å². The molecule has 1 aromatic carbocycles. The number of aryl methyl sites for hydroxylation is 2. The third-order valence-corrected chi connectivity index (χ3v) is 2.97. The van der Waals surface area contributed by atoms with E-state index in [1.165, 1.54) is 10.9 Å². The molecule has 0 unspecified atom stereocenters. The van der Waals surface area contributed by atoms with Crippen LogP contribution in [0.25, 0.3) is 16.6 Å². The molecular weight excluding hydrogens is 210 g/mol. The van der Waals surface area contributed by atoms with Crippen molar-refractivity contribution in [2.24, 2.45) is 0 Å². The molecule has 0 radical (unpaired) electrons. The molecule has 1 aromatic heterocycles. The first-order valence-electron chi connectivity index (χ1n) is 5.55. The van der Waals surface area contributed by atoms with Gasteiger partial charge in [-0.2, -0.15) is 0 Å². The van der Waals surface area contributed by atoms with Crippen LogP contribution in [0.4, 0.5) is 0 Å². The van der Waals surface area contributed by atoms with Crippen molar-refractivity contribution in [1.82, 2.24) is 4.57 Å². The van der Waals surface area contributed by atoms with Gasteiger partial charge in [0.15, 0.2) is 5.94 Å². The van der Waals surface area contributed by atoms with Gasteiger partial charge >= 0.3 is 0 Å². The molecule has 2 aromatic rings. The molecule has 0 N–H and O–H groups in total. The summed E-state index contributed by atoms with van der Waals surface area (Å²) in [4.78, 5) is 11.0. The van der Waals surface area contributed by atoms with E-state index < -0.39 is 0 Å². The molecule has 0 spiro atoms. The minimum atomic E-state index is 0.494. The standard InChI is InChI=1S/C15H15NO/c1-10(2)14(9-17)16-8-12(4)15-11(3)6-5-7-13(15)16/h5-8H,1H2,2-4H3. The first-order valence-corrected chi connectivity index (χ1v) is 5.55. The van der Waals surface area contributed by atoms with E-state index in [-0.39, 0.29) is 0 Å². The molecule has 0 aliphatic rings. The Hall–Kier alpha value is -2.05. The van der Waals surface area contributed by atoms with Crippen molar-refractivity contribution in [3.8, 4) is 0 Å². The molecule has 1 heterocycles. The molecule has 2 rings (SSSR count). The number of hydrogen-bond acceptors (Lipinski definition) is 1. The van der Waals surface area contributed by atoms with E-state index in [9.17, 15) is 4.79 Å². The summed E-state index contributed by atoms with van der Waals surface area (Å²) in [6.45, 7) is 9.76. The molecule has 86 valence electrons. The molecular formula is C15H15NO. The van der Waals surface area contributed by atoms with Crippen LogP contribution in [0.2, 0.25) is 0 Å². The number of aromatic nitrogens is 1. The van der Waals surface area contributed by atoms with Crippen LogP contribution < -0.4 is 0 Å². The topological polar surface area (TPSA) is 22.0 Å². The lowest BCUT2D eigenvalue weighted by Gasteiger charge is -2.06. The van der Waals surface area contributed by atoms with Crippen molar-refractivity contribution in [3.05, 3.63) is 47.7 Å². The summed E-state index contributed by atoms with van der Waals surface area (Å²) in [5.74, 6) is 1.97. The predicted octanol–water partition coefficient (Wildman–Crippen LogP) is 3.51. The van der Waals surface area contributed by atoms with Crippen LogP contribution in [0.5, 0.6) is 0 Å². The second-order valence-corrected chi connectivity index (χ2v) is 4.38. The summed E-state index contributed by atoms with van der Waals surface area (Å²) in [5, 5.41) is 1.20. The van der Waals surface area contributed by atoms with E-state index in [1.807, 2.05) is 42.7 Å². The summed E-state index contributed by atoms with van der Waals surface area (Å²) in [6.07, 6.45) is 1.96. The molecule has 0 amide bonds. The number of carbonyl (C=O) groups excluding carboxylic acids is 1. The molecule has 17 heavy (non-hydrogen) atoms. The van der Waals surface area contributed by atoms with E-state index in [1.54, 1.807) is 0 Å². The van der Waals surface area contributed by atoms with Crippen LogP contribution in [0.1, 0.15) is 18.1 Å². The van der Waals surface area contributed by atoms with Crippen molar-refractivity contribution in [3.63, 3.8) is 0 Å². The van der Waals surface area contributed by atoms with E-state index in [4.69, 9.17) is 0 Å². The Morgan fingerprint density at radius 3 is 2.59 bits per heavy atom. The van der Waals surface area contributed by atoms with Gasteiger partial charge in [-0.1, -0.05) is 18.7 Å². The Balaban J connectivity index is 2.86. The lowest BCUT2D eigenvalue weighted by molar-refractivity contribution is 0.568. The summed E-state index contributed by atoms with van der Waals surface area (Å²) in [7, 11) is 0. The fraction of sp³-hybridized carbons (Fsp3) is 0.200. The average molecular weight is 225 g/mol. The fourth-order valence-corrected chi connectivity index (χ4v) is 2.22. The van der Waals surface area contributed by atoms with Gasteiger partial charge in [0.25, 0.3) is 0 Å². The largest absolute Gasteiger partial charge is 0.307 e. The summed E-state index contributed by atoms with van der Waals surface area (Å²) >= 11 is 0. The minimum absolute atomic E-state index is 0.494. The van der Waals surface area contributed by atoms with Crippen LogP contribution in [0, 0.1) is 13.8 Å². The Morgan fingerprint density at radius 2 is 2.00 bits per heavy atom. The lowest BCUT2D eigenvalue weighted by atomic mass is 10.1. The van der Waals surface area contributed by atoms with Crippen LogP contribution in [-0.2, 0) is 4.79 Å². The zero-order chi connectivity index (χ0) is 12.6. The molecule has 0 atom stereocenters. The zero-order valence-electron chi connectivity index (χ0n) is 10.4. The summed E-state index contributed by atoms with van der Waals surface area (Å²) < 4.78 is 1.87. The van der Waals surface area contributed by atoms with Gasteiger partial charge < -0.3 is 4.57 Å². The van der Waals surface area contributed by atoms with Crippen LogP contribution in [-0.4, -0.2) is 10.5 Å². The highest BCUT2D eigenvalue weighted by molar-refractivity contribution is 5.96. The molecule has 0 saturated carbocycles. The van der Waals surface area contributed by atoms with Gasteiger partial charge in [-0.05, 0) is 43.5 Å². The van der Waals surface area contributed by atoms with Gasteiger partial charge in [-0.3, -0.25) is 0 Å². The normalized spacial score (nSPS) is 10.3. The number of fused-ring (bicyclic) bond motifs is 1. The monoisotopic (exact) mass is 225 g/mol. The van der Waals surface area contributed by atoms with Gasteiger partial charge in [0.1, 0.15) is 5.70 Å². The second-order valence-electron chi connectivity index (χ2n) is 4.38. The van der Waals surface area contributed by atoms with Gasteiger partial charge in [0, 0.05) is 11.6 Å². The van der Waals surface area contributed by atoms with Crippen molar-refractivity contribution in [2.45, 2.75) is 20.8 Å². The molecule has 2 heteroatoms. The van der Waals surface area contributed by atoms with E-state index in [0.717, 1.165) is 16.7 Å². The summed E-state index contributed by atoms with van der Waals surface area (Å²) in [5.41, 5.74) is 4.62. The Morgan fingerprint density at radius 1 is 1.29 bits per heavy atom. The average Bonchev–Trinajstić information content (AvgIpc) is 2.58. The molecule has 0 saturated heterocycles. The van der Waals surface area contributed by atoms with Gasteiger partial charge in [0.2, 0.25) is 0 Å². The molecule has 0 aliphatic carbocycles. The molecule has 2 nitrogen and oxygen atoms in total. The second kappa shape index (κ2) is 4.08. The van der Waals surface area contributed by atoms with Crippen molar-refractivity contribution in [1.29, 1.82) is 0 Å². The van der Waals surface area contributed by atoms with Crippen LogP contribution in [0.3, 0.4) is 0 Å². The number of allylic oxidation sites excluding steroid dienone is 2. The molecule has 0 fully saturated rings. The van der Waals surface area contributed by atoms with E-state index in [0.29, 0.717) is 5.70 Å². The molecule has 0 aliphatic heterocycles. The smallest absolute Gasteiger partial charge is 0.151 e. The SMILES string of the molecule is C=C(C)C(=C=O)n1cc(C)c2c(C)cccc21. The Kier molecular flexibility index (Phi) is 2.74. The number of hydrogen-bond donors (Lipinski definition) is 0. The maximum atomic E-state index is 11.0. The quantitative estimate of drug-likeness (QED) is 0.566. The first-order chi connectivity index (χ1) is 8.06. The maximum Gasteiger partial charge on any atom is 0.151 e. The van der Waals surface area contributed by atoms with Crippen molar-refractivity contribution >= 4 is 22.5 Å². The first kappa shape index (κ1) is 11.4. The number of nitrogens with zero attached hydrogens (tertiary/aromatic N) is 1. The number of benzene rings is 1. The predicted molar refractivity (Wildman–Crippen MR) is 71.6 cm³/mol. The van der Waals surface area contributed by atoms with Crippen molar-refractivity contribution < 1.29 is 4.79 Å². The van der Waals surface area contributed by atoms with Crippen LogP contribution >= 0.6 is 0 Å². The highest BCUT2D eigenvalue weighted by Gasteiger charge is 2.11. The van der Waals surface area contributed by atoms with Gasteiger partial charge in [-0.25, -0.2) is 4.79 Å². The minimum Gasteiger partial charge on any atom is -0.307 e. The van der Waals surface area contributed by atoms with E-state index in [2.05, 4.69) is 19.6 Å². The lowest BCUT2D eigenvalue weighted by Crippen LogP contribution is -1.96. The zero-order valence-corrected chi connectivity index (χ0v) is 10.4. The fourth-order valence-electron chi connectivity index (χ4n) is 2.22. The van der Waals surface area contributed by atoms with Gasteiger partial charge in [-0.15, -0.1) is 0 Å².